The molecule has 1 saturated carbocycles. The van der Waals surface area contributed by atoms with Gasteiger partial charge in [0, 0.05) is 0 Å². The number of hydrogen-bond donors (Lipinski definition) is 2. The first kappa shape index (κ1) is 17.7. The van der Waals surface area contributed by atoms with Crippen molar-refractivity contribution in [3.63, 3.8) is 0 Å². The summed E-state index contributed by atoms with van der Waals surface area (Å²) >= 11 is 5.46. The van der Waals surface area contributed by atoms with Gasteiger partial charge in [0.1, 0.15) is 11.6 Å². The largest absolute Gasteiger partial charge is 0.494 e. The zero-order valence-electron chi connectivity index (χ0n) is 14.3. The number of thiocarbonyl (C=S) groups is 1. The molecule has 0 saturated heterocycles. The summed E-state index contributed by atoms with van der Waals surface area (Å²) in [4.78, 5) is 0. The third-order valence-electron chi connectivity index (χ3n) is 4.65. The normalized spacial score (nSPS) is 15.6. The minimum absolute atomic E-state index is 0.208. The number of halogens is 1. The average Bonchev–Trinajstić information content (AvgIpc) is 3.07. The highest BCUT2D eigenvalue weighted by Crippen LogP contribution is 2.39. The summed E-state index contributed by atoms with van der Waals surface area (Å²) < 4.78 is 19.4. The number of rotatable bonds is 5. The van der Waals surface area contributed by atoms with E-state index in [1.807, 2.05) is 19.1 Å². The van der Waals surface area contributed by atoms with Crippen LogP contribution >= 0.6 is 12.2 Å². The van der Waals surface area contributed by atoms with Gasteiger partial charge in [-0.1, -0.05) is 37.1 Å². The van der Waals surface area contributed by atoms with E-state index < -0.39 is 0 Å². The van der Waals surface area contributed by atoms with Gasteiger partial charge in [-0.15, -0.1) is 0 Å². The molecule has 132 valence electrons. The molecule has 0 heterocycles. The minimum Gasteiger partial charge on any atom is -0.494 e. The van der Waals surface area contributed by atoms with Crippen LogP contribution in [0.4, 0.5) is 10.1 Å². The molecule has 3 rings (SSSR count). The van der Waals surface area contributed by atoms with Crippen LogP contribution in [0.5, 0.6) is 5.75 Å². The van der Waals surface area contributed by atoms with Gasteiger partial charge in [-0.05, 0) is 61.8 Å². The summed E-state index contributed by atoms with van der Waals surface area (Å²) in [6, 6.07) is 14.7. The number of benzene rings is 2. The summed E-state index contributed by atoms with van der Waals surface area (Å²) in [6.07, 6.45) is 4.28. The van der Waals surface area contributed by atoms with E-state index in [9.17, 15) is 4.39 Å². The zero-order chi connectivity index (χ0) is 17.7. The lowest BCUT2D eigenvalue weighted by Gasteiger charge is -2.32. The molecule has 3 nitrogen and oxygen atoms in total. The first-order valence-electron chi connectivity index (χ1n) is 8.70. The molecule has 0 atom stereocenters. The van der Waals surface area contributed by atoms with Crippen molar-refractivity contribution in [2.45, 2.75) is 38.1 Å². The summed E-state index contributed by atoms with van der Waals surface area (Å²) in [5, 5.41) is 6.88. The molecular weight excluding hydrogens is 335 g/mol. The zero-order valence-corrected chi connectivity index (χ0v) is 15.2. The van der Waals surface area contributed by atoms with Crippen LogP contribution in [-0.4, -0.2) is 11.7 Å². The third-order valence-corrected chi connectivity index (χ3v) is 4.85. The molecule has 1 fully saturated rings. The molecule has 0 spiro atoms. The predicted octanol–water partition coefficient (Wildman–Crippen LogP) is 4.98. The first-order valence-corrected chi connectivity index (χ1v) is 9.11. The Morgan fingerprint density at radius 1 is 1.12 bits per heavy atom. The van der Waals surface area contributed by atoms with Gasteiger partial charge in [0.15, 0.2) is 5.11 Å². The van der Waals surface area contributed by atoms with Crippen LogP contribution in [0.1, 0.15) is 38.2 Å². The van der Waals surface area contributed by atoms with Crippen molar-refractivity contribution < 1.29 is 9.13 Å². The van der Waals surface area contributed by atoms with Crippen molar-refractivity contribution in [1.29, 1.82) is 0 Å². The fraction of sp³-hybridized carbons (Fsp3) is 0.350. The van der Waals surface area contributed by atoms with Crippen molar-refractivity contribution in [3.8, 4) is 5.75 Å². The van der Waals surface area contributed by atoms with Gasteiger partial charge in [-0.3, -0.25) is 0 Å². The highest BCUT2D eigenvalue weighted by Gasteiger charge is 2.36. The van der Waals surface area contributed by atoms with Gasteiger partial charge in [-0.25, -0.2) is 4.39 Å². The van der Waals surface area contributed by atoms with Crippen LogP contribution in [0.25, 0.3) is 0 Å². The third kappa shape index (κ3) is 4.10. The Labute approximate surface area is 153 Å². The molecular formula is C20H23FN2OS. The lowest BCUT2D eigenvalue weighted by molar-refractivity contribution is 0.339. The van der Waals surface area contributed by atoms with Crippen LogP contribution < -0.4 is 15.4 Å². The second-order valence-electron chi connectivity index (χ2n) is 6.31. The second-order valence-corrected chi connectivity index (χ2v) is 6.71. The Bertz CT molecular complexity index is 727. The number of para-hydroxylation sites is 1. The van der Waals surface area contributed by atoms with Crippen LogP contribution in [-0.2, 0) is 5.54 Å². The van der Waals surface area contributed by atoms with Gasteiger partial charge >= 0.3 is 0 Å². The Kier molecular flexibility index (Phi) is 5.53. The highest BCUT2D eigenvalue weighted by molar-refractivity contribution is 7.80. The molecule has 2 aromatic rings. The minimum atomic E-state index is -0.312. The van der Waals surface area contributed by atoms with Gasteiger partial charge in [0.25, 0.3) is 0 Å². The molecule has 25 heavy (non-hydrogen) atoms. The molecule has 5 heteroatoms. The number of ether oxygens (including phenoxy) is 1. The maximum Gasteiger partial charge on any atom is 0.171 e. The fourth-order valence-corrected chi connectivity index (χ4v) is 3.74. The second kappa shape index (κ2) is 7.83. The van der Waals surface area contributed by atoms with Gasteiger partial charge in [0.2, 0.25) is 0 Å². The molecule has 1 aliphatic rings. The molecule has 0 bridgehead atoms. The lowest BCUT2D eigenvalue weighted by Crippen LogP contribution is -2.45. The predicted molar refractivity (Wildman–Crippen MR) is 104 cm³/mol. The van der Waals surface area contributed by atoms with E-state index in [0.717, 1.165) is 31.4 Å². The van der Waals surface area contributed by atoms with Crippen LogP contribution in [0.3, 0.4) is 0 Å². The monoisotopic (exact) mass is 358 g/mol. The maximum atomic E-state index is 13.8. The van der Waals surface area contributed by atoms with Crippen LogP contribution in [0.2, 0.25) is 0 Å². The summed E-state index contributed by atoms with van der Waals surface area (Å²) in [6.45, 7) is 2.63. The Hall–Kier alpha value is -2.14. The van der Waals surface area contributed by atoms with Gasteiger partial charge < -0.3 is 15.4 Å². The standard InChI is InChI=1S/C20H23FN2OS/c1-2-24-16-11-9-15(10-12-16)20(13-5-6-14-20)23-19(25)22-18-8-4-3-7-17(18)21/h3-4,7-12H,2,5-6,13-14H2,1H3,(H2,22,23,25). The highest BCUT2D eigenvalue weighted by atomic mass is 32.1. The maximum absolute atomic E-state index is 13.8. The van der Waals surface area contributed by atoms with E-state index in [4.69, 9.17) is 17.0 Å². The molecule has 2 aromatic carbocycles. The van der Waals surface area contributed by atoms with E-state index in [1.54, 1.807) is 18.2 Å². The molecule has 0 aromatic heterocycles. The average molecular weight is 358 g/mol. The topological polar surface area (TPSA) is 33.3 Å². The van der Waals surface area contributed by atoms with E-state index >= 15 is 0 Å². The van der Waals surface area contributed by atoms with E-state index in [2.05, 4.69) is 22.8 Å². The summed E-state index contributed by atoms with van der Waals surface area (Å²) in [5.74, 6) is 0.555. The van der Waals surface area contributed by atoms with Gasteiger partial charge in [-0.2, -0.15) is 0 Å². The van der Waals surface area contributed by atoms with Crippen molar-refractivity contribution in [3.05, 3.63) is 59.9 Å². The van der Waals surface area contributed by atoms with Crippen molar-refractivity contribution >= 4 is 23.0 Å². The SMILES string of the molecule is CCOc1ccc(C2(NC(=S)Nc3ccccc3F)CCCC2)cc1. The van der Waals surface area contributed by atoms with Crippen LogP contribution in [0.15, 0.2) is 48.5 Å². The quantitative estimate of drug-likeness (QED) is 0.739. The number of nitrogens with one attached hydrogen (secondary N) is 2. The molecule has 0 unspecified atom stereocenters. The number of hydrogen-bond acceptors (Lipinski definition) is 2. The molecule has 0 aliphatic heterocycles. The summed E-state index contributed by atoms with van der Waals surface area (Å²) in [7, 11) is 0. The fourth-order valence-electron chi connectivity index (χ4n) is 3.43. The molecule has 1 aliphatic carbocycles. The number of anilines is 1. The Balaban J connectivity index is 1.76. The Morgan fingerprint density at radius 2 is 1.80 bits per heavy atom. The molecule has 2 N–H and O–H groups in total. The van der Waals surface area contributed by atoms with E-state index in [-0.39, 0.29) is 11.4 Å². The first-order chi connectivity index (χ1) is 12.1. The van der Waals surface area contributed by atoms with Crippen molar-refractivity contribution in [2.24, 2.45) is 0 Å². The van der Waals surface area contributed by atoms with Crippen molar-refractivity contribution in [2.75, 3.05) is 11.9 Å². The van der Waals surface area contributed by atoms with E-state index in [1.165, 1.54) is 11.6 Å². The van der Waals surface area contributed by atoms with Crippen molar-refractivity contribution in [1.82, 2.24) is 5.32 Å². The van der Waals surface area contributed by atoms with Gasteiger partial charge in [0.05, 0.1) is 17.8 Å². The van der Waals surface area contributed by atoms with Crippen LogP contribution in [0, 0.1) is 5.82 Å². The molecule has 0 amide bonds. The Morgan fingerprint density at radius 3 is 2.44 bits per heavy atom. The summed E-state index contributed by atoms with van der Waals surface area (Å²) in [5.41, 5.74) is 1.37. The molecule has 0 radical (unpaired) electrons. The van der Waals surface area contributed by atoms with E-state index in [0.29, 0.717) is 17.4 Å². The smallest absolute Gasteiger partial charge is 0.171 e. The lowest BCUT2D eigenvalue weighted by atomic mass is 9.88.